The van der Waals surface area contributed by atoms with Gasteiger partial charge in [-0.1, -0.05) is 13.8 Å². The molecule has 0 amide bonds. The highest BCUT2D eigenvalue weighted by molar-refractivity contribution is 5.93. The van der Waals surface area contributed by atoms with Gasteiger partial charge in [-0.3, -0.25) is 9.89 Å². The Labute approximate surface area is 158 Å². The number of hydrogen-bond acceptors (Lipinski definition) is 3. The molecule has 0 aliphatic heterocycles. The number of alkyl halides is 1. The number of nitrogens with one attached hydrogen (secondary N) is 1. The van der Waals surface area contributed by atoms with Gasteiger partial charge in [0.05, 0.1) is 23.7 Å². The fourth-order valence-electron chi connectivity index (χ4n) is 3.61. The van der Waals surface area contributed by atoms with Crippen LogP contribution in [0.2, 0.25) is 0 Å². The molecule has 0 radical (unpaired) electrons. The second-order valence-corrected chi connectivity index (χ2v) is 6.99. The topological polar surface area (TPSA) is 83.8 Å². The van der Waals surface area contributed by atoms with Gasteiger partial charge < -0.3 is 9.67 Å². The number of fused-ring (bicyclic) bond motifs is 2. The van der Waals surface area contributed by atoms with Crippen LogP contribution in [0.5, 0.6) is 0 Å². The molecule has 1 atom stereocenters. The van der Waals surface area contributed by atoms with E-state index in [1.807, 2.05) is 24.5 Å². The summed E-state index contributed by atoms with van der Waals surface area (Å²) in [5.74, 6) is -1.73. The van der Waals surface area contributed by atoms with Crippen molar-refractivity contribution in [2.24, 2.45) is 0 Å². The van der Waals surface area contributed by atoms with E-state index in [2.05, 4.69) is 15.2 Å². The third kappa shape index (κ3) is 2.90. The second kappa shape index (κ2) is 6.70. The number of aromatic nitrogens is 4. The SMILES string of the molecule is CC(C)c1c([C@H](F)CC(=O)O)c2nc3[nH]ncc3cc2n1-c1ccc(F)cc1. The molecule has 144 valence electrons. The molecule has 8 heteroatoms. The van der Waals surface area contributed by atoms with E-state index in [1.165, 1.54) is 12.1 Å². The highest BCUT2D eigenvalue weighted by Gasteiger charge is 2.29. The first-order valence-corrected chi connectivity index (χ1v) is 8.87. The Kier molecular flexibility index (Phi) is 4.33. The number of H-pyrrole nitrogens is 1. The summed E-state index contributed by atoms with van der Waals surface area (Å²) >= 11 is 0. The minimum atomic E-state index is -1.73. The monoisotopic (exact) mass is 384 g/mol. The van der Waals surface area contributed by atoms with Gasteiger partial charge in [0.2, 0.25) is 0 Å². The maximum atomic E-state index is 15.1. The molecule has 4 rings (SSSR count). The van der Waals surface area contributed by atoms with E-state index in [4.69, 9.17) is 5.11 Å². The van der Waals surface area contributed by atoms with Crippen molar-refractivity contribution in [2.75, 3.05) is 0 Å². The van der Waals surface area contributed by atoms with E-state index < -0.39 is 18.6 Å². The van der Waals surface area contributed by atoms with Crippen molar-refractivity contribution >= 4 is 28.0 Å². The molecule has 0 bridgehead atoms. The van der Waals surface area contributed by atoms with Gasteiger partial charge in [-0.25, -0.2) is 13.8 Å². The molecule has 1 aromatic carbocycles. The van der Waals surface area contributed by atoms with Crippen LogP contribution in [0, 0.1) is 5.82 Å². The van der Waals surface area contributed by atoms with Gasteiger partial charge in [-0.2, -0.15) is 5.10 Å². The average molecular weight is 384 g/mol. The van der Waals surface area contributed by atoms with E-state index in [-0.39, 0.29) is 17.3 Å². The Hall–Kier alpha value is -3.29. The Morgan fingerprint density at radius 1 is 1.29 bits per heavy atom. The lowest BCUT2D eigenvalue weighted by Gasteiger charge is -2.16. The fraction of sp³-hybridized carbons (Fsp3) is 0.250. The maximum Gasteiger partial charge on any atom is 0.306 e. The Morgan fingerprint density at radius 3 is 2.64 bits per heavy atom. The summed E-state index contributed by atoms with van der Waals surface area (Å²) in [6, 6.07) is 7.70. The van der Waals surface area contributed by atoms with Gasteiger partial charge in [0, 0.05) is 22.3 Å². The lowest BCUT2D eigenvalue weighted by atomic mass is 9.99. The number of halogens is 2. The molecule has 0 saturated heterocycles. The van der Waals surface area contributed by atoms with Crippen LogP contribution in [0.25, 0.3) is 27.8 Å². The quantitative estimate of drug-likeness (QED) is 0.525. The lowest BCUT2D eigenvalue weighted by Crippen LogP contribution is -2.08. The second-order valence-electron chi connectivity index (χ2n) is 6.99. The summed E-state index contributed by atoms with van der Waals surface area (Å²) in [7, 11) is 0. The third-order valence-electron chi connectivity index (χ3n) is 4.72. The first-order chi connectivity index (χ1) is 13.4. The summed E-state index contributed by atoms with van der Waals surface area (Å²) in [5, 5.41) is 16.6. The summed E-state index contributed by atoms with van der Waals surface area (Å²) < 4.78 is 30.4. The van der Waals surface area contributed by atoms with Crippen LogP contribution in [0.4, 0.5) is 8.78 Å². The van der Waals surface area contributed by atoms with E-state index in [1.54, 1.807) is 18.3 Å². The molecular weight excluding hydrogens is 366 g/mol. The molecule has 3 aromatic heterocycles. The molecule has 0 unspecified atom stereocenters. The molecule has 3 heterocycles. The zero-order valence-corrected chi connectivity index (χ0v) is 15.3. The number of aromatic amines is 1. The number of carbonyl (C=O) groups is 1. The minimum Gasteiger partial charge on any atom is -0.481 e. The fourth-order valence-corrected chi connectivity index (χ4v) is 3.61. The van der Waals surface area contributed by atoms with Crippen LogP contribution in [0.3, 0.4) is 0 Å². The van der Waals surface area contributed by atoms with Crippen LogP contribution in [-0.4, -0.2) is 30.8 Å². The van der Waals surface area contributed by atoms with Crippen molar-refractivity contribution in [1.29, 1.82) is 0 Å². The largest absolute Gasteiger partial charge is 0.481 e. The van der Waals surface area contributed by atoms with Crippen molar-refractivity contribution in [2.45, 2.75) is 32.4 Å². The highest BCUT2D eigenvalue weighted by atomic mass is 19.1. The molecule has 6 nitrogen and oxygen atoms in total. The lowest BCUT2D eigenvalue weighted by molar-refractivity contribution is -0.138. The number of pyridine rings is 1. The normalized spacial score (nSPS) is 12.9. The Morgan fingerprint density at radius 2 is 2.00 bits per heavy atom. The van der Waals surface area contributed by atoms with Crippen molar-refractivity contribution in [3.8, 4) is 5.69 Å². The van der Waals surface area contributed by atoms with Crippen molar-refractivity contribution in [3.63, 3.8) is 0 Å². The third-order valence-corrected chi connectivity index (χ3v) is 4.72. The molecule has 0 aliphatic carbocycles. The van der Waals surface area contributed by atoms with Gasteiger partial charge in [0.1, 0.15) is 12.0 Å². The predicted octanol–water partition coefficient (Wildman–Crippen LogP) is 4.65. The summed E-state index contributed by atoms with van der Waals surface area (Å²) in [4.78, 5) is 15.7. The predicted molar refractivity (Wildman–Crippen MR) is 101 cm³/mol. The smallest absolute Gasteiger partial charge is 0.306 e. The van der Waals surface area contributed by atoms with Crippen LogP contribution in [0.1, 0.15) is 43.6 Å². The standard InChI is InChI=1S/C20H18F2N4O2/c1-10(2)19-17(14(22)8-16(27)28)18-15(7-11-9-23-25-20(11)24-18)26(19)13-5-3-12(21)4-6-13/h3-7,9-10,14H,8H2,1-2H3,(H,27,28)(H,23,24,25)/t14-/m1/s1. The number of rotatable bonds is 5. The first kappa shape index (κ1) is 18.1. The van der Waals surface area contributed by atoms with E-state index in [0.29, 0.717) is 28.1 Å². The molecule has 0 spiro atoms. The first-order valence-electron chi connectivity index (χ1n) is 8.87. The van der Waals surface area contributed by atoms with E-state index in [0.717, 1.165) is 5.39 Å². The summed E-state index contributed by atoms with van der Waals surface area (Å²) in [6.45, 7) is 3.80. The highest BCUT2D eigenvalue weighted by Crippen LogP contribution is 2.40. The van der Waals surface area contributed by atoms with E-state index >= 15 is 4.39 Å². The molecular formula is C20H18F2N4O2. The molecule has 28 heavy (non-hydrogen) atoms. The van der Waals surface area contributed by atoms with Gasteiger partial charge in [0.25, 0.3) is 0 Å². The van der Waals surface area contributed by atoms with E-state index in [9.17, 15) is 9.18 Å². The number of carboxylic acid groups (broad SMARTS) is 1. The van der Waals surface area contributed by atoms with Gasteiger partial charge in [-0.15, -0.1) is 0 Å². The van der Waals surface area contributed by atoms with Gasteiger partial charge in [0.15, 0.2) is 5.65 Å². The molecule has 0 aliphatic rings. The van der Waals surface area contributed by atoms with Crippen molar-refractivity contribution < 1.29 is 18.7 Å². The van der Waals surface area contributed by atoms with Crippen molar-refractivity contribution in [1.82, 2.24) is 19.7 Å². The number of aliphatic carboxylic acids is 1. The van der Waals surface area contributed by atoms with Crippen LogP contribution >= 0.6 is 0 Å². The molecule has 0 saturated carbocycles. The zero-order valence-electron chi connectivity index (χ0n) is 15.3. The number of carboxylic acids is 1. The Bertz CT molecular complexity index is 1180. The minimum absolute atomic E-state index is 0.127. The maximum absolute atomic E-state index is 15.1. The summed E-state index contributed by atoms with van der Waals surface area (Å²) in [6.07, 6.45) is -0.778. The van der Waals surface area contributed by atoms with Crippen LogP contribution in [-0.2, 0) is 4.79 Å². The summed E-state index contributed by atoms with van der Waals surface area (Å²) in [5.41, 5.74) is 2.99. The molecule has 2 N–H and O–H groups in total. The van der Waals surface area contributed by atoms with Crippen molar-refractivity contribution in [3.05, 3.63) is 53.6 Å². The number of hydrogen-bond donors (Lipinski definition) is 2. The Balaban J connectivity index is 2.11. The average Bonchev–Trinajstić information content (AvgIpc) is 3.21. The van der Waals surface area contributed by atoms with Gasteiger partial charge >= 0.3 is 5.97 Å². The number of nitrogens with zero attached hydrogens (tertiary/aromatic N) is 3. The van der Waals surface area contributed by atoms with Gasteiger partial charge in [-0.05, 0) is 36.2 Å². The molecule has 0 fully saturated rings. The van der Waals surface area contributed by atoms with Crippen LogP contribution < -0.4 is 0 Å². The molecule has 4 aromatic rings. The van der Waals surface area contributed by atoms with Crippen LogP contribution in [0.15, 0.2) is 36.5 Å². The zero-order chi connectivity index (χ0) is 20.0. The number of benzene rings is 1.